The maximum atomic E-state index is 11.9. The molecule has 0 radical (unpaired) electrons. The summed E-state index contributed by atoms with van der Waals surface area (Å²) < 4.78 is 21.4. The van der Waals surface area contributed by atoms with Crippen LogP contribution in [-0.2, 0) is 11.3 Å². The standard InChI is InChI=1S/C13H12N2O3S/c16-13(11-7-3-1-4-8-11)14-15(19(17)18)12-9-5-2-6-10-12/h1-10H,(H,14,16)(H,17,18). The summed E-state index contributed by atoms with van der Waals surface area (Å²) in [4.78, 5) is 11.9. The molecule has 0 fully saturated rings. The number of nitrogens with one attached hydrogen (secondary N) is 1. The molecule has 0 aliphatic heterocycles. The Bertz CT molecular complexity index is 575. The van der Waals surface area contributed by atoms with Gasteiger partial charge in [-0.2, -0.15) is 4.41 Å². The van der Waals surface area contributed by atoms with Crippen LogP contribution in [-0.4, -0.2) is 14.7 Å². The van der Waals surface area contributed by atoms with E-state index in [4.69, 9.17) is 0 Å². The molecule has 0 aliphatic rings. The third-order valence-corrected chi connectivity index (χ3v) is 3.00. The van der Waals surface area contributed by atoms with E-state index in [1.54, 1.807) is 60.7 Å². The van der Waals surface area contributed by atoms with E-state index in [-0.39, 0.29) is 0 Å². The van der Waals surface area contributed by atoms with Crippen LogP contribution in [0.3, 0.4) is 0 Å². The van der Waals surface area contributed by atoms with E-state index in [0.717, 1.165) is 4.41 Å². The zero-order chi connectivity index (χ0) is 13.7. The van der Waals surface area contributed by atoms with E-state index in [1.807, 2.05) is 0 Å². The molecule has 1 atom stereocenters. The Labute approximate surface area is 113 Å². The molecule has 5 nitrogen and oxygen atoms in total. The highest BCUT2D eigenvalue weighted by Crippen LogP contribution is 2.12. The highest BCUT2D eigenvalue weighted by molar-refractivity contribution is 7.80. The fourth-order valence-electron chi connectivity index (χ4n) is 1.50. The summed E-state index contributed by atoms with van der Waals surface area (Å²) in [7, 11) is 0. The van der Waals surface area contributed by atoms with Gasteiger partial charge < -0.3 is 0 Å². The summed E-state index contributed by atoms with van der Waals surface area (Å²) in [5.74, 6) is -0.452. The number of hydrogen-bond acceptors (Lipinski definition) is 2. The number of rotatable bonds is 4. The van der Waals surface area contributed by atoms with Gasteiger partial charge in [0.05, 0.1) is 5.69 Å². The quantitative estimate of drug-likeness (QED) is 0.662. The Kier molecular flexibility index (Phi) is 4.27. The van der Waals surface area contributed by atoms with Crippen LogP contribution < -0.4 is 9.84 Å². The average Bonchev–Trinajstić information content (AvgIpc) is 2.46. The number of carbonyl (C=O) groups is 1. The van der Waals surface area contributed by atoms with Crippen molar-refractivity contribution in [3.63, 3.8) is 0 Å². The minimum absolute atomic E-state index is 0.411. The number of amides is 1. The lowest BCUT2D eigenvalue weighted by molar-refractivity contribution is 0.0955. The van der Waals surface area contributed by atoms with Crippen LogP contribution in [0.2, 0.25) is 0 Å². The molecule has 2 aromatic carbocycles. The predicted molar refractivity (Wildman–Crippen MR) is 73.6 cm³/mol. The predicted octanol–water partition coefficient (Wildman–Crippen LogP) is 1.97. The van der Waals surface area contributed by atoms with Crippen LogP contribution in [0.4, 0.5) is 5.69 Å². The van der Waals surface area contributed by atoms with E-state index in [2.05, 4.69) is 5.43 Å². The van der Waals surface area contributed by atoms with Gasteiger partial charge in [-0.25, -0.2) is 9.63 Å². The molecule has 98 valence electrons. The molecule has 0 heterocycles. The number of carbonyl (C=O) groups excluding carboxylic acids is 1. The van der Waals surface area contributed by atoms with Crippen molar-refractivity contribution in [3.05, 3.63) is 66.2 Å². The number of hydrazine groups is 1. The SMILES string of the molecule is O=C(NN(c1ccccc1)S(=O)O)c1ccccc1. The van der Waals surface area contributed by atoms with Crippen LogP contribution in [0.25, 0.3) is 0 Å². The zero-order valence-electron chi connectivity index (χ0n) is 9.89. The van der Waals surface area contributed by atoms with Gasteiger partial charge in [-0.1, -0.05) is 36.4 Å². The van der Waals surface area contributed by atoms with Crippen LogP contribution in [0.5, 0.6) is 0 Å². The Hall–Kier alpha value is -2.18. The van der Waals surface area contributed by atoms with E-state index in [9.17, 15) is 13.6 Å². The summed E-state index contributed by atoms with van der Waals surface area (Å²) in [5.41, 5.74) is 3.23. The molecular weight excluding hydrogens is 264 g/mol. The second-order valence-corrected chi connectivity index (χ2v) is 4.49. The van der Waals surface area contributed by atoms with Crippen molar-refractivity contribution in [1.29, 1.82) is 0 Å². The fraction of sp³-hybridized carbons (Fsp3) is 0. The van der Waals surface area contributed by atoms with E-state index in [0.29, 0.717) is 11.3 Å². The third kappa shape index (κ3) is 3.40. The van der Waals surface area contributed by atoms with Crippen LogP contribution in [0, 0.1) is 0 Å². The van der Waals surface area contributed by atoms with Crippen molar-refractivity contribution in [2.75, 3.05) is 4.41 Å². The molecule has 2 N–H and O–H groups in total. The van der Waals surface area contributed by atoms with Crippen molar-refractivity contribution in [1.82, 2.24) is 5.43 Å². The number of para-hydroxylation sites is 1. The summed E-state index contributed by atoms with van der Waals surface area (Å²) in [5, 5.41) is 0. The van der Waals surface area contributed by atoms with Gasteiger partial charge in [0.2, 0.25) is 0 Å². The monoisotopic (exact) mass is 276 g/mol. The van der Waals surface area contributed by atoms with E-state index in [1.165, 1.54) is 0 Å². The summed E-state index contributed by atoms with van der Waals surface area (Å²) in [6.07, 6.45) is 0. The van der Waals surface area contributed by atoms with Crippen LogP contribution in [0.1, 0.15) is 10.4 Å². The lowest BCUT2D eigenvalue weighted by Gasteiger charge is -2.20. The highest BCUT2D eigenvalue weighted by atomic mass is 32.2. The number of anilines is 1. The molecule has 0 aliphatic carbocycles. The molecule has 2 rings (SSSR count). The zero-order valence-corrected chi connectivity index (χ0v) is 10.7. The van der Waals surface area contributed by atoms with E-state index >= 15 is 0 Å². The van der Waals surface area contributed by atoms with Gasteiger partial charge in [-0.15, -0.1) is 0 Å². The second kappa shape index (κ2) is 6.12. The van der Waals surface area contributed by atoms with E-state index < -0.39 is 17.2 Å². The lowest BCUT2D eigenvalue weighted by atomic mass is 10.2. The average molecular weight is 276 g/mol. The molecule has 6 heteroatoms. The fourth-order valence-corrected chi connectivity index (χ4v) is 1.97. The molecular formula is C13H12N2O3S. The van der Waals surface area contributed by atoms with Gasteiger partial charge in [-0.05, 0) is 24.3 Å². The largest absolute Gasteiger partial charge is 0.288 e. The minimum atomic E-state index is -2.35. The summed E-state index contributed by atoms with van der Waals surface area (Å²) >= 11 is -2.35. The normalized spacial score (nSPS) is 11.6. The molecule has 1 amide bonds. The van der Waals surface area contributed by atoms with Gasteiger partial charge >= 0.3 is 0 Å². The van der Waals surface area contributed by atoms with Gasteiger partial charge in [0, 0.05) is 5.56 Å². The smallest absolute Gasteiger partial charge is 0.281 e. The van der Waals surface area contributed by atoms with Crippen molar-refractivity contribution in [2.24, 2.45) is 0 Å². The maximum Gasteiger partial charge on any atom is 0.281 e. The Morgan fingerprint density at radius 3 is 2.05 bits per heavy atom. The summed E-state index contributed by atoms with van der Waals surface area (Å²) in [6, 6.07) is 16.9. The van der Waals surface area contributed by atoms with Crippen molar-refractivity contribution < 1.29 is 13.6 Å². The van der Waals surface area contributed by atoms with Crippen LogP contribution >= 0.6 is 0 Å². The Balaban J connectivity index is 2.19. The minimum Gasteiger partial charge on any atom is -0.288 e. The first-order valence-electron chi connectivity index (χ1n) is 5.50. The van der Waals surface area contributed by atoms with Gasteiger partial charge in [-0.3, -0.25) is 9.35 Å². The van der Waals surface area contributed by atoms with Gasteiger partial charge in [0.15, 0.2) is 0 Å². The molecule has 2 aromatic rings. The maximum absolute atomic E-state index is 11.9. The van der Waals surface area contributed by atoms with Crippen molar-refractivity contribution in [2.45, 2.75) is 0 Å². The molecule has 19 heavy (non-hydrogen) atoms. The Morgan fingerprint density at radius 2 is 1.53 bits per heavy atom. The molecule has 0 saturated heterocycles. The van der Waals surface area contributed by atoms with Gasteiger partial charge in [0.1, 0.15) is 0 Å². The first-order valence-corrected chi connectivity index (χ1v) is 6.57. The first kappa shape index (κ1) is 13.3. The third-order valence-electron chi connectivity index (χ3n) is 2.39. The molecule has 0 spiro atoms. The van der Waals surface area contributed by atoms with Crippen LogP contribution in [0.15, 0.2) is 60.7 Å². The number of benzene rings is 2. The number of hydrogen-bond donors (Lipinski definition) is 2. The molecule has 0 aromatic heterocycles. The molecule has 1 unspecified atom stereocenters. The van der Waals surface area contributed by atoms with Gasteiger partial charge in [0.25, 0.3) is 17.2 Å². The lowest BCUT2D eigenvalue weighted by Crippen LogP contribution is -2.43. The number of nitrogens with zero attached hydrogens (tertiary/aromatic N) is 1. The van der Waals surface area contributed by atoms with Crippen molar-refractivity contribution >= 4 is 22.9 Å². The molecule has 0 saturated carbocycles. The second-order valence-electron chi connectivity index (χ2n) is 3.67. The highest BCUT2D eigenvalue weighted by Gasteiger charge is 2.16. The molecule has 0 bridgehead atoms. The topological polar surface area (TPSA) is 69.6 Å². The Morgan fingerprint density at radius 1 is 1.00 bits per heavy atom. The first-order chi connectivity index (χ1) is 9.18. The summed E-state index contributed by atoms with van der Waals surface area (Å²) in [6.45, 7) is 0. The van der Waals surface area contributed by atoms with Crippen molar-refractivity contribution in [3.8, 4) is 0 Å².